The Morgan fingerprint density at radius 2 is 1.95 bits per heavy atom. The van der Waals surface area contributed by atoms with Gasteiger partial charge in [0.1, 0.15) is 5.75 Å². The Hall–Kier alpha value is -1.06. The lowest BCUT2D eigenvalue weighted by atomic mass is 9.98. The first-order chi connectivity index (χ1) is 9.08. The normalized spacial score (nSPS) is 28.9. The predicted molar refractivity (Wildman–Crippen MR) is 77.6 cm³/mol. The molecule has 2 unspecified atom stereocenters. The Bertz CT molecular complexity index is 397. The van der Waals surface area contributed by atoms with E-state index in [1.54, 1.807) is 7.11 Å². The van der Waals surface area contributed by atoms with Crippen LogP contribution in [0.3, 0.4) is 0 Å². The molecular formula is C16H25NO2. The van der Waals surface area contributed by atoms with E-state index in [9.17, 15) is 0 Å². The molecule has 0 saturated carbocycles. The van der Waals surface area contributed by atoms with E-state index in [4.69, 9.17) is 9.47 Å². The highest BCUT2D eigenvalue weighted by Crippen LogP contribution is 2.24. The lowest BCUT2D eigenvalue weighted by molar-refractivity contribution is -0.0433. The molecule has 3 atom stereocenters. The van der Waals surface area contributed by atoms with E-state index in [0.29, 0.717) is 24.3 Å². The molecule has 1 fully saturated rings. The standard InChI is InChI=1S/C16H25NO2/c1-11-8-15(9-12(2)19-11)17-13(3)14-6-5-7-16(10-14)18-4/h5-7,10-13,15,17H,8-9H2,1-4H3/t11?,12?,13-,15?/m0/s1. The fourth-order valence-electron chi connectivity index (χ4n) is 2.90. The van der Waals surface area contributed by atoms with Crippen LogP contribution < -0.4 is 10.1 Å². The summed E-state index contributed by atoms with van der Waals surface area (Å²) < 4.78 is 11.1. The van der Waals surface area contributed by atoms with Gasteiger partial charge >= 0.3 is 0 Å². The summed E-state index contributed by atoms with van der Waals surface area (Å²) in [7, 11) is 1.71. The molecule has 0 aliphatic carbocycles. The molecule has 0 bridgehead atoms. The maximum atomic E-state index is 5.78. The highest BCUT2D eigenvalue weighted by Gasteiger charge is 2.25. The average Bonchev–Trinajstić information content (AvgIpc) is 2.37. The zero-order valence-electron chi connectivity index (χ0n) is 12.3. The van der Waals surface area contributed by atoms with E-state index in [1.165, 1.54) is 5.56 Å². The number of hydrogen-bond acceptors (Lipinski definition) is 3. The van der Waals surface area contributed by atoms with E-state index in [1.807, 2.05) is 12.1 Å². The first-order valence-electron chi connectivity index (χ1n) is 7.14. The van der Waals surface area contributed by atoms with Crippen molar-refractivity contribution >= 4 is 0 Å². The molecule has 1 aromatic carbocycles. The second-order valence-corrected chi connectivity index (χ2v) is 5.59. The summed E-state index contributed by atoms with van der Waals surface area (Å²) in [6, 6.07) is 9.13. The summed E-state index contributed by atoms with van der Waals surface area (Å²) in [5.41, 5.74) is 1.27. The van der Waals surface area contributed by atoms with Gasteiger partial charge in [0, 0.05) is 12.1 Å². The van der Waals surface area contributed by atoms with Crippen LogP contribution in [-0.4, -0.2) is 25.4 Å². The SMILES string of the molecule is COc1cccc([C@H](C)NC2CC(C)OC(C)C2)c1. The molecule has 1 aliphatic rings. The third-order valence-corrected chi connectivity index (χ3v) is 3.78. The largest absolute Gasteiger partial charge is 0.497 e. The van der Waals surface area contributed by atoms with E-state index < -0.39 is 0 Å². The van der Waals surface area contributed by atoms with Gasteiger partial charge in [-0.3, -0.25) is 0 Å². The minimum absolute atomic E-state index is 0.331. The van der Waals surface area contributed by atoms with Crippen LogP contribution in [0.15, 0.2) is 24.3 Å². The minimum atomic E-state index is 0.331. The van der Waals surface area contributed by atoms with E-state index in [-0.39, 0.29) is 0 Å². The quantitative estimate of drug-likeness (QED) is 0.904. The van der Waals surface area contributed by atoms with Crippen LogP contribution in [-0.2, 0) is 4.74 Å². The Labute approximate surface area is 116 Å². The molecule has 0 spiro atoms. The maximum Gasteiger partial charge on any atom is 0.119 e. The van der Waals surface area contributed by atoms with Crippen LogP contribution in [0.1, 0.15) is 45.2 Å². The lowest BCUT2D eigenvalue weighted by Crippen LogP contribution is -2.42. The highest BCUT2D eigenvalue weighted by atomic mass is 16.5. The summed E-state index contributed by atoms with van der Waals surface area (Å²) in [4.78, 5) is 0. The van der Waals surface area contributed by atoms with Crippen LogP contribution in [0.2, 0.25) is 0 Å². The number of methoxy groups -OCH3 is 1. The van der Waals surface area contributed by atoms with E-state index in [2.05, 4.69) is 38.2 Å². The van der Waals surface area contributed by atoms with E-state index >= 15 is 0 Å². The molecule has 2 rings (SSSR count). The molecular weight excluding hydrogens is 238 g/mol. The summed E-state index contributed by atoms with van der Waals surface area (Å²) in [6.45, 7) is 6.51. The topological polar surface area (TPSA) is 30.5 Å². The van der Waals surface area contributed by atoms with Crippen LogP contribution >= 0.6 is 0 Å². The molecule has 1 heterocycles. The molecule has 0 aromatic heterocycles. The van der Waals surface area contributed by atoms with Gasteiger partial charge in [-0.15, -0.1) is 0 Å². The van der Waals surface area contributed by atoms with E-state index in [0.717, 1.165) is 18.6 Å². The molecule has 0 radical (unpaired) electrons. The number of nitrogens with one attached hydrogen (secondary N) is 1. The summed E-state index contributed by atoms with van der Waals surface area (Å²) in [5.74, 6) is 0.917. The smallest absolute Gasteiger partial charge is 0.119 e. The van der Waals surface area contributed by atoms with Gasteiger partial charge in [0.25, 0.3) is 0 Å². The molecule has 3 heteroatoms. The minimum Gasteiger partial charge on any atom is -0.497 e. The molecule has 106 valence electrons. The van der Waals surface area contributed by atoms with Crippen molar-refractivity contribution in [3.63, 3.8) is 0 Å². The molecule has 19 heavy (non-hydrogen) atoms. The average molecular weight is 263 g/mol. The molecule has 0 amide bonds. The summed E-state index contributed by atoms with van der Waals surface area (Å²) in [5, 5.41) is 3.71. The maximum absolute atomic E-state index is 5.78. The molecule has 3 nitrogen and oxygen atoms in total. The van der Waals surface area contributed by atoms with Gasteiger partial charge in [0.05, 0.1) is 19.3 Å². The Balaban J connectivity index is 1.97. The lowest BCUT2D eigenvalue weighted by Gasteiger charge is -2.34. The second kappa shape index (κ2) is 6.40. The van der Waals surface area contributed by atoms with Gasteiger partial charge in [-0.25, -0.2) is 0 Å². The van der Waals surface area contributed by atoms with Crippen molar-refractivity contribution in [2.45, 2.75) is 57.9 Å². The summed E-state index contributed by atoms with van der Waals surface area (Å²) in [6.07, 6.45) is 2.86. The van der Waals surface area contributed by atoms with Gasteiger partial charge < -0.3 is 14.8 Å². The monoisotopic (exact) mass is 263 g/mol. The zero-order chi connectivity index (χ0) is 13.8. The van der Waals surface area contributed by atoms with Gasteiger partial charge in [-0.2, -0.15) is 0 Å². The Kier molecular flexibility index (Phi) is 4.83. The van der Waals surface area contributed by atoms with Crippen LogP contribution in [0.5, 0.6) is 5.75 Å². The number of benzene rings is 1. The summed E-state index contributed by atoms with van der Waals surface area (Å²) >= 11 is 0. The molecule has 1 N–H and O–H groups in total. The zero-order valence-corrected chi connectivity index (χ0v) is 12.3. The predicted octanol–water partition coefficient (Wildman–Crippen LogP) is 3.30. The third-order valence-electron chi connectivity index (χ3n) is 3.78. The highest BCUT2D eigenvalue weighted by molar-refractivity contribution is 5.30. The van der Waals surface area contributed by atoms with Gasteiger partial charge in [0.15, 0.2) is 0 Å². The van der Waals surface area contributed by atoms with Crippen molar-refractivity contribution < 1.29 is 9.47 Å². The van der Waals surface area contributed by atoms with Gasteiger partial charge in [0.2, 0.25) is 0 Å². The molecule has 1 aromatic rings. The van der Waals surface area contributed by atoms with Crippen molar-refractivity contribution in [1.82, 2.24) is 5.32 Å². The van der Waals surface area contributed by atoms with Crippen molar-refractivity contribution in [1.29, 1.82) is 0 Å². The van der Waals surface area contributed by atoms with Gasteiger partial charge in [-0.05, 0) is 51.3 Å². The number of ether oxygens (including phenoxy) is 2. The van der Waals surface area contributed by atoms with Crippen molar-refractivity contribution in [2.24, 2.45) is 0 Å². The van der Waals surface area contributed by atoms with Crippen LogP contribution in [0.4, 0.5) is 0 Å². The van der Waals surface area contributed by atoms with Crippen LogP contribution in [0.25, 0.3) is 0 Å². The van der Waals surface area contributed by atoms with Gasteiger partial charge in [-0.1, -0.05) is 12.1 Å². The van der Waals surface area contributed by atoms with Crippen molar-refractivity contribution in [3.05, 3.63) is 29.8 Å². The third kappa shape index (κ3) is 3.95. The molecule has 1 saturated heterocycles. The molecule has 1 aliphatic heterocycles. The second-order valence-electron chi connectivity index (χ2n) is 5.59. The van der Waals surface area contributed by atoms with Crippen LogP contribution in [0, 0.1) is 0 Å². The Morgan fingerprint density at radius 1 is 1.26 bits per heavy atom. The fourth-order valence-corrected chi connectivity index (χ4v) is 2.90. The number of hydrogen-bond donors (Lipinski definition) is 1. The number of rotatable bonds is 4. The van der Waals surface area contributed by atoms with Crippen molar-refractivity contribution in [3.8, 4) is 5.75 Å². The fraction of sp³-hybridized carbons (Fsp3) is 0.625. The van der Waals surface area contributed by atoms with Crippen molar-refractivity contribution in [2.75, 3.05) is 7.11 Å². The first-order valence-corrected chi connectivity index (χ1v) is 7.14. The Morgan fingerprint density at radius 3 is 2.58 bits per heavy atom. The first kappa shape index (κ1) is 14.4.